The molecular formula is C19H23NS. The minimum absolute atomic E-state index is 0.378. The molecule has 0 spiro atoms. The average molecular weight is 297 g/mol. The summed E-state index contributed by atoms with van der Waals surface area (Å²) in [6.45, 7) is 4.76. The number of benzene rings is 2. The Bertz CT molecular complexity index is 574. The predicted molar refractivity (Wildman–Crippen MR) is 95.0 cm³/mol. The van der Waals surface area contributed by atoms with Gasteiger partial charge in [-0.15, -0.1) is 0 Å². The molecule has 1 aliphatic heterocycles. The van der Waals surface area contributed by atoms with Gasteiger partial charge in [-0.3, -0.25) is 0 Å². The van der Waals surface area contributed by atoms with Crippen LogP contribution in [0.1, 0.15) is 20.3 Å². The highest BCUT2D eigenvalue weighted by molar-refractivity contribution is 7.99. The van der Waals surface area contributed by atoms with Gasteiger partial charge >= 0.3 is 0 Å². The van der Waals surface area contributed by atoms with Crippen LogP contribution in [0.3, 0.4) is 0 Å². The summed E-state index contributed by atoms with van der Waals surface area (Å²) in [5, 5.41) is 3.73. The first-order valence-electron chi connectivity index (χ1n) is 7.65. The van der Waals surface area contributed by atoms with Crippen LogP contribution in [0.4, 0.5) is 5.69 Å². The first-order chi connectivity index (χ1) is 10.1. The summed E-state index contributed by atoms with van der Waals surface area (Å²) in [6.07, 6.45) is 1.29. The molecule has 2 heteroatoms. The number of hydrogen-bond acceptors (Lipinski definition) is 2. The summed E-state index contributed by atoms with van der Waals surface area (Å²) >= 11 is 2.06. The number of anilines is 1. The van der Waals surface area contributed by atoms with Gasteiger partial charge in [-0.1, -0.05) is 56.3 Å². The smallest absolute Gasteiger partial charge is 0.0403 e. The molecule has 1 nitrogen and oxygen atoms in total. The van der Waals surface area contributed by atoms with Gasteiger partial charge in [-0.05, 0) is 40.8 Å². The molecule has 1 fully saturated rings. The van der Waals surface area contributed by atoms with Crippen LogP contribution in [-0.4, -0.2) is 17.5 Å². The van der Waals surface area contributed by atoms with Crippen molar-refractivity contribution in [2.24, 2.45) is 5.41 Å². The third kappa shape index (κ3) is 3.44. The van der Waals surface area contributed by atoms with Gasteiger partial charge in [-0.2, -0.15) is 11.8 Å². The van der Waals surface area contributed by atoms with Crippen molar-refractivity contribution >= 4 is 17.4 Å². The summed E-state index contributed by atoms with van der Waals surface area (Å²) in [7, 11) is 0. The lowest BCUT2D eigenvalue weighted by molar-refractivity contribution is 0.305. The largest absolute Gasteiger partial charge is 0.381 e. The summed E-state index contributed by atoms with van der Waals surface area (Å²) in [6, 6.07) is 19.9. The Morgan fingerprint density at radius 1 is 0.952 bits per heavy atom. The average Bonchev–Trinajstić information content (AvgIpc) is 2.51. The second-order valence-electron chi connectivity index (χ2n) is 6.45. The minimum Gasteiger partial charge on any atom is -0.381 e. The van der Waals surface area contributed by atoms with E-state index < -0.39 is 0 Å². The third-order valence-corrected chi connectivity index (χ3v) is 5.51. The molecule has 0 aliphatic carbocycles. The molecule has 1 unspecified atom stereocenters. The van der Waals surface area contributed by atoms with E-state index in [-0.39, 0.29) is 0 Å². The number of nitrogens with one attached hydrogen (secondary N) is 1. The monoisotopic (exact) mass is 297 g/mol. The predicted octanol–water partition coefficient (Wildman–Crippen LogP) is 5.30. The van der Waals surface area contributed by atoms with Crippen molar-refractivity contribution in [2.75, 3.05) is 16.8 Å². The highest BCUT2D eigenvalue weighted by Crippen LogP contribution is 2.36. The van der Waals surface area contributed by atoms with Gasteiger partial charge < -0.3 is 5.32 Å². The van der Waals surface area contributed by atoms with E-state index in [2.05, 4.69) is 85.5 Å². The first kappa shape index (κ1) is 14.5. The van der Waals surface area contributed by atoms with Crippen molar-refractivity contribution in [3.8, 4) is 11.1 Å². The van der Waals surface area contributed by atoms with Crippen molar-refractivity contribution in [3.63, 3.8) is 0 Å². The van der Waals surface area contributed by atoms with E-state index in [1.807, 2.05) is 0 Å². The van der Waals surface area contributed by atoms with Gasteiger partial charge in [0.1, 0.15) is 0 Å². The molecule has 1 atom stereocenters. The Labute approximate surface area is 132 Å². The van der Waals surface area contributed by atoms with Crippen molar-refractivity contribution in [3.05, 3.63) is 54.6 Å². The Balaban J connectivity index is 1.73. The van der Waals surface area contributed by atoms with Crippen LogP contribution in [0, 0.1) is 5.41 Å². The van der Waals surface area contributed by atoms with Crippen LogP contribution in [0.2, 0.25) is 0 Å². The van der Waals surface area contributed by atoms with E-state index in [0.29, 0.717) is 11.5 Å². The van der Waals surface area contributed by atoms with E-state index >= 15 is 0 Å². The molecule has 1 heterocycles. The molecule has 1 N–H and O–H groups in total. The second kappa shape index (κ2) is 6.15. The zero-order chi connectivity index (χ0) is 14.7. The minimum atomic E-state index is 0.378. The van der Waals surface area contributed by atoms with Crippen LogP contribution in [0.15, 0.2) is 54.6 Å². The highest BCUT2D eigenvalue weighted by atomic mass is 32.2. The Hall–Kier alpha value is -1.41. The Kier molecular flexibility index (Phi) is 4.25. The van der Waals surface area contributed by atoms with Gasteiger partial charge in [0.25, 0.3) is 0 Å². The summed E-state index contributed by atoms with van der Waals surface area (Å²) in [4.78, 5) is 0. The van der Waals surface area contributed by atoms with Gasteiger partial charge in [0.05, 0.1) is 0 Å². The van der Waals surface area contributed by atoms with E-state index in [0.717, 1.165) is 0 Å². The van der Waals surface area contributed by atoms with Crippen LogP contribution in [-0.2, 0) is 0 Å². The summed E-state index contributed by atoms with van der Waals surface area (Å²) in [5.74, 6) is 2.49. The normalized spacial score (nSPS) is 21.0. The lowest BCUT2D eigenvalue weighted by Gasteiger charge is -2.39. The van der Waals surface area contributed by atoms with Gasteiger partial charge in [0.15, 0.2) is 0 Å². The zero-order valence-corrected chi connectivity index (χ0v) is 13.6. The highest BCUT2D eigenvalue weighted by Gasteiger charge is 2.32. The van der Waals surface area contributed by atoms with Gasteiger partial charge in [-0.25, -0.2) is 0 Å². The summed E-state index contributed by atoms with van der Waals surface area (Å²) in [5.41, 5.74) is 4.16. The first-order valence-corrected chi connectivity index (χ1v) is 8.80. The van der Waals surface area contributed by atoms with Crippen LogP contribution < -0.4 is 5.32 Å². The topological polar surface area (TPSA) is 12.0 Å². The van der Waals surface area contributed by atoms with Crippen molar-refractivity contribution in [2.45, 2.75) is 26.3 Å². The fourth-order valence-corrected chi connectivity index (χ4v) is 4.37. The van der Waals surface area contributed by atoms with Crippen molar-refractivity contribution in [1.29, 1.82) is 0 Å². The van der Waals surface area contributed by atoms with Crippen LogP contribution in [0.25, 0.3) is 11.1 Å². The molecule has 3 rings (SSSR count). The maximum absolute atomic E-state index is 3.73. The molecule has 0 bridgehead atoms. The van der Waals surface area contributed by atoms with E-state index in [1.54, 1.807) is 0 Å². The standard InChI is InChI=1S/C19H23NS/c1-19(2)12-13-21-14-18(19)20-17-10-8-16(9-11-17)15-6-4-3-5-7-15/h3-11,18,20H,12-14H2,1-2H3. The molecule has 0 saturated carbocycles. The molecule has 1 saturated heterocycles. The number of hydrogen-bond donors (Lipinski definition) is 1. The lowest BCUT2D eigenvalue weighted by Crippen LogP contribution is -2.41. The second-order valence-corrected chi connectivity index (χ2v) is 7.60. The molecule has 21 heavy (non-hydrogen) atoms. The lowest BCUT2D eigenvalue weighted by atomic mass is 9.82. The zero-order valence-electron chi connectivity index (χ0n) is 12.8. The summed E-state index contributed by atoms with van der Waals surface area (Å²) < 4.78 is 0. The van der Waals surface area contributed by atoms with Gasteiger partial charge in [0, 0.05) is 17.5 Å². The van der Waals surface area contributed by atoms with Gasteiger partial charge in [0.2, 0.25) is 0 Å². The maximum Gasteiger partial charge on any atom is 0.0403 e. The molecule has 0 amide bonds. The maximum atomic E-state index is 3.73. The fraction of sp³-hybridized carbons (Fsp3) is 0.368. The Morgan fingerprint density at radius 2 is 1.62 bits per heavy atom. The van der Waals surface area contributed by atoms with Crippen LogP contribution >= 0.6 is 11.8 Å². The van der Waals surface area contributed by atoms with E-state index in [1.165, 1.54) is 34.7 Å². The fourth-order valence-electron chi connectivity index (χ4n) is 2.76. The number of rotatable bonds is 3. The van der Waals surface area contributed by atoms with Crippen LogP contribution in [0.5, 0.6) is 0 Å². The molecule has 1 aliphatic rings. The molecule has 110 valence electrons. The van der Waals surface area contributed by atoms with Crippen molar-refractivity contribution in [1.82, 2.24) is 0 Å². The van der Waals surface area contributed by atoms with Crippen molar-refractivity contribution < 1.29 is 0 Å². The third-order valence-electron chi connectivity index (χ3n) is 4.45. The Morgan fingerprint density at radius 3 is 2.29 bits per heavy atom. The molecule has 0 radical (unpaired) electrons. The molecular weight excluding hydrogens is 274 g/mol. The van der Waals surface area contributed by atoms with E-state index in [9.17, 15) is 0 Å². The SMILES string of the molecule is CC1(C)CCSCC1Nc1ccc(-c2ccccc2)cc1. The van der Waals surface area contributed by atoms with E-state index in [4.69, 9.17) is 0 Å². The molecule has 2 aromatic rings. The number of thioether (sulfide) groups is 1. The molecule has 2 aromatic carbocycles. The quantitative estimate of drug-likeness (QED) is 0.825. The molecule has 0 aromatic heterocycles.